The van der Waals surface area contributed by atoms with Crippen molar-refractivity contribution in [2.24, 2.45) is 11.3 Å². The van der Waals surface area contributed by atoms with Crippen molar-refractivity contribution in [3.05, 3.63) is 41.9 Å². The molecule has 1 amide bonds. The quantitative estimate of drug-likeness (QED) is 0.357. The van der Waals surface area contributed by atoms with Gasteiger partial charge in [0.2, 0.25) is 17.7 Å². The molecule has 1 N–H and O–H groups in total. The molecular formula is C34H43N9O2. The zero-order valence-electron chi connectivity index (χ0n) is 26.4. The number of carbonyl (C=O) groups is 1. The zero-order chi connectivity index (χ0) is 30.5. The summed E-state index contributed by atoms with van der Waals surface area (Å²) in [5, 5.41) is 3.61. The van der Waals surface area contributed by atoms with Crippen molar-refractivity contribution in [3.63, 3.8) is 0 Å². The third-order valence-corrected chi connectivity index (χ3v) is 11.0. The van der Waals surface area contributed by atoms with E-state index in [0.717, 1.165) is 69.7 Å². The highest BCUT2D eigenvalue weighted by atomic mass is 16.5. The van der Waals surface area contributed by atoms with Gasteiger partial charge >= 0.3 is 0 Å². The largest absolute Gasteiger partial charge is 0.480 e. The van der Waals surface area contributed by atoms with Crippen LogP contribution in [0.4, 0.5) is 11.6 Å². The fourth-order valence-corrected chi connectivity index (χ4v) is 8.20. The molecule has 4 heterocycles. The summed E-state index contributed by atoms with van der Waals surface area (Å²) in [5.41, 5.74) is 5.89. The number of hydrogen-bond donors (Lipinski definition) is 1. The van der Waals surface area contributed by atoms with Crippen LogP contribution in [0, 0.1) is 11.3 Å². The van der Waals surface area contributed by atoms with E-state index in [1.807, 2.05) is 4.90 Å². The highest BCUT2D eigenvalue weighted by Gasteiger charge is 2.48. The van der Waals surface area contributed by atoms with Gasteiger partial charge in [0, 0.05) is 63.1 Å². The normalized spacial score (nSPS) is 26.2. The van der Waals surface area contributed by atoms with E-state index in [-0.39, 0.29) is 11.3 Å². The molecule has 3 aromatic heterocycles. The molecule has 5 fully saturated rings. The molecule has 3 atom stereocenters. The Bertz CT molecular complexity index is 1580. The van der Waals surface area contributed by atoms with Gasteiger partial charge in [0.1, 0.15) is 18.2 Å². The molecule has 0 radical (unpaired) electrons. The van der Waals surface area contributed by atoms with Gasteiger partial charge in [-0.25, -0.2) is 19.9 Å². The number of hydrogen-bond acceptors (Lipinski definition) is 10. The molecule has 11 heteroatoms. The van der Waals surface area contributed by atoms with E-state index in [1.54, 1.807) is 26.7 Å². The summed E-state index contributed by atoms with van der Waals surface area (Å²) in [5.74, 6) is 4.00. The number of ether oxygens (including phenoxy) is 1. The van der Waals surface area contributed by atoms with Gasteiger partial charge in [-0.2, -0.15) is 4.98 Å². The van der Waals surface area contributed by atoms with Crippen molar-refractivity contribution in [2.75, 3.05) is 50.1 Å². The zero-order valence-corrected chi connectivity index (χ0v) is 26.4. The van der Waals surface area contributed by atoms with E-state index in [4.69, 9.17) is 14.7 Å². The monoisotopic (exact) mass is 609 g/mol. The minimum absolute atomic E-state index is 0.172. The molecule has 5 aliphatic rings. The molecule has 11 nitrogen and oxygen atoms in total. The average molecular weight is 610 g/mol. The minimum Gasteiger partial charge on any atom is -0.480 e. The number of amides is 1. The van der Waals surface area contributed by atoms with Crippen molar-refractivity contribution >= 4 is 17.5 Å². The Morgan fingerprint density at radius 1 is 0.911 bits per heavy atom. The summed E-state index contributed by atoms with van der Waals surface area (Å²) in [4.78, 5) is 44.6. The first kappa shape index (κ1) is 28.6. The van der Waals surface area contributed by atoms with Gasteiger partial charge in [-0.1, -0.05) is 0 Å². The molecule has 2 bridgehead atoms. The standard InChI is InChI=1S/C34H43N9O2/c1-21(44)42-13-15-43(16-14-42)27-8-7-26(22-3-4-22)40-30(27)25-10-12-34(11-9-24(25)17-34)18-35-33-39-20-37-31(41-33)28-29(23-5-6-23)36-19-38-32(28)45-2/h7-8,19-20,22-25H,3-6,9-18H2,1-2H3,(H,35,37,39,41). The molecule has 4 aliphatic carbocycles. The van der Waals surface area contributed by atoms with Gasteiger partial charge in [0.15, 0.2) is 5.82 Å². The van der Waals surface area contributed by atoms with E-state index in [1.165, 1.54) is 49.2 Å². The summed E-state index contributed by atoms with van der Waals surface area (Å²) in [7, 11) is 1.63. The second kappa shape index (κ2) is 11.5. The molecule has 3 unspecified atom stereocenters. The summed E-state index contributed by atoms with van der Waals surface area (Å²) >= 11 is 0. The number of aromatic nitrogens is 6. The fraction of sp³-hybridized carbons (Fsp3) is 0.618. The molecule has 8 rings (SSSR count). The van der Waals surface area contributed by atoms with Gasteiger partial charge in [-0.15, -0.1) is 0 Å². The molecule has 4 saturated carbocycles. The number of nitrogens with one attached hydrogen (secondary N) is 1. The van der Waals surface area contributed by atoms with Crippen LogP contribution in [0.5, 0.6) is 5.88 Å². The van der Waals surface area contributed by atoms with Crippen molar-refractivity contribution in [3.8, 4) is 17.3 Å². The number of fused-ring (bicyclic) bond motifs is 2. The van der Waals surface area contributed by atoms with Crippen molar-refractivity contribution in [1.29, 1.82) is 0 Å². The lowest BCUT2D eigenvalue weighted by molar-refractivity contribution is -0.129. The van der Waals surface area contributed by atoms with Crippen LogP contribution in [-0.2, 0) is 4.79 Å². The smallest absolute Gasteiger partial charge is 0.227 e. The van der Waals surface area contributed by atoms with Gasteiger partial charge in [-0.3, -0.25) is 9.78 Å². The fourth-order valence-electron chi connectivity index (χ4n) is 8.20. The second-order valence-electron chi connectivity index (χ2n) is 14.0. The Morgan fingerprint density at radius 2 is 1.69 bits per heavy atom. The third kappa shape index (κ3) is 5.59. The summed E-state index contributed by atoms with van der Waals surface area (Å²) in [6.07, 6.45) is 13.9. The SMILES string of the molecule is COc1ncnc(C2CC2)c1-c1ncnc(NCC23CCC(C2)C(c2nc(C4CC4)ccc2N2CCN(C(C)=O)CC2)CC3)n1. The second-order valence-corrected chi connectivity index (χ2v) is 14.0. The Morgan fingerprint density at radius 3 is 2.44 bits per heavy atom. The van der Waals surface area contributed by atoms with Gasteiger partial charge < -0.3 is 19.9 Å². The molecular weight excluding hydrogens is 566 g/mol. The molecule has 3 aromatic rings. The van der Waals surface area contributed by atoms with Crippen LogP contribution >= 0.6 is 0 Å². The van der Waals surface area contributed by atoms with Gasteiger partial charge in [0.25, 0.3) is 0 Å². The Hall–Kier alpha value is -3.89. The van der Waals surface area contributed by atoms with E-state index >= 15 is 0 Å². The van der Waals surface area contributed by atoms with E-state index in [9.17, 15) is 4.79 Å². The summed E-state index contributed by atoms with van der Waals surface area (Å²) < 4.78 is 5.59. The van der Waals surface area contributed by atoms with Crippen LogP contribution in [0.25, 0.3) is 11.4 Å². The first-order valence-electron chi connectivity index (χ1n) is 16.8. The van der Waals surface area contributed by atoms with Crippen LogP contribution < -0.4 is 15.0 Å². The maximum Gasteiger partial charge on any atom is 0.227 e. The number of anilines is 2. The first-order valence-corrected chi connectivity index (χ1v) is 16.8. The van der Waals surface area contributed by atoms with Crippen molar-refractivity contribution in [2.45, 2.75) is 82.5 Å². The topological polar surface area (TPSA) is 122 Å². The molecule has 0 spiro atoms. The molecule has 1 saturated heterocycles. The average Bonchev–Trinajstić information content (AvgIpc) is 4.01. The van der Waals surface area contributed by atoms with Crippen LogP contribution in [0.3, 0.4) is 0 Å². The summed E-state index contributed by atoms with van der Waals surface area (Å²) in [6.45, 7) is 5.85. The Labute approximate surface area is 264 Å². The van der Waals surface area contributed by atoms with Crippen LogP contribution in [0.15, 0.2) is 24.8 Å². The van der Waals surface area contributed by atoms with E-state index < -0.39 is 0 Å². The predicted molar refractivity (Wildman–Crippen MR) is 170 cm³/mol. The lowest BCUT2D eigenvalue weighted by Gasteiger charge is -2.40. The number of nitrogens with zero attached hydrogens (tertiary/aromatic N) is 8. The molecule has 236 valence electrons. The number of carbonyl (C=O) groups excluding carboxylic acids is 1. The predicted octanol–water partition coefficient (Wildman–Crippen LogP) is 4.93. The Kier molecular flexibility index (Phi) is 7.29. The third-order valence-electron chi connectivity index (χ3n) is 11.0. The molecule has 45 heavy (non-hydrogen) atoms. The van der Waals surface area contributed by atoms with Crippen molar-refractivity contribution < 1.29 is 9.53 Å². The Balaban J connectivity index is 0.984. The lowest BCUT2D eigenvalue weighted by Crippen LogP contribution is -2.48. The van der Waals surface area contributed by atoms with Gasteiger partial charge in [0.05, 0.1) is 24.2 Å². The number of rotatable bonds is 9. The van der Waals surface area contributed by atoms with E-state index in [0.29, 0.717) is 41.3 Å². The van der Waals surface area contributed by atoms with Crippen LogP contribution in [0.1, 0.15) is 99.5 Å². The number of pyridine rings is 1. The maximum atomic E-state index is 12.0. The van der Waals surface area contributed by atoms with Crippen LogP contribution in [0.2, 0.25) is 0 Å². The first-order chi connectivity index (χ1) is 22.0. The highest BCUT2D eigenvalue weighted by molar-refractivity contribution is 5.73. The number of methoxy groups -OCH3 is 1. The molecule has 0 aromatic carbocycles. The van der Waals surface area contributed by atoms with Crippen molar-refractivity contribution in [1.82, 2.24) is 34.8 Å². The van der Waals surface area contributed by atoms with Gasteiger partial charge in [-0.05, 0) is 81.3 Å². The maximum absolute atomic E-state index is 12.0. The minimum atomic E-state index is 0.172. The highest BCUT2D eigenvalue weighted by Crippen LogP contribution is 2.57. The molecule has 1 aliphatic heterocycles. The summed E-state index contributed by atoms with van der Waals surface area (Å²) in [6, 6.07) is 4.62. The number of piperazine rings is 1. The lowest BCUT2D eigenvalue weighted by atomic mass is 9.70. The van der Waals surface area contributed by atoms with Crippen LogP contribution in [-0.4, -0.2) is 80.5 Å². The van der Waals surface area contributed by atoms with E-state index in [2.05, 4.69) is 42.3 Å².